The molecule has 3 rings (SSSR count). The van der Waals surface area contributed by atoms with Crippen molar-refractivity contribution in [1.82, 2.24) is 4.72 Å². The Bertz CT molecular complexity index is 1060. The second-order valence-corrected chi connectivity index (χ2v) is 8.86. The number of methoxy groups -OCH3 is 1. The number of hydrogen-bond donors (Lipinski definition) is 1. The molecule has 0 unspecified atom stereocenters. The second kappa shape index (κ2) is 8.97. The van der Waals surface area contributed by atoms with Gasteiger partial charge in [-0.05, 0) is 47.7 Å². The van der Waals surface area contributed by atoms with Gasteiger partial charge in [0.05, 0.1) is 17.7 Å². The Morgan fingerprint density at radius 1 is 0.967 bits per heavy atom. The summed E-state index contributed by atoms with van der Waals surface area (Å²) in [5.41, 5.74) is 3.30. The predicted octanol–water partition coefficient (Wildman–Crippen LogP) is 2.95. The molecule has 0 atom stereocenters. The zero-order chi connectivity index (χ0) is 21.9. The van der Waals surface area contributed by atoms with Crippen LogP contribution < -0.4 is 14.4 Å². The molecule has 7 nitrogen and oxygen atoms in total. The number of nitrogens with one attached hydrogen (secondary N) is 1. The minimum atomic E-state index is -3.87. The van der Waals surface area contributed by atoms with Crippen molar-refractivity contribution in [2.75, 3.05) is 12.0 Å². The van der Waals surface area contributed by atoms with Gasteiger partial charge in [-0.3, -0.25) is 9.59 Å². The highest BCUT2D eigenvalue weighted by Crippen LogP contribution is 2.34. The minimum Gasteiger partial charge on any atom is -0.495 e. The van der Waals surface area contributed by atoms with Crippen LogP contribution >= 0.6 is 0 Å². The third kappa shape index (κ3) is 4.39. The first-order chi connectivity index (χ1) is 14.3. The van der Waals surface area contributed by atoms with E-state index < -0.39 is 10.0 Å². The van der Waals surface area contributed by atoms with E-state index in [0.717, 1.165) is 34.4 Å². The highest BCUT2D eigenvalue weighted by Gasteiger charge is 2.33. The predicted molar refractivity (Wildman–Crippen MR) is 114 cm³/mol. The van der Waals surface area contributed by atoms with Crippen LogP contribution in [0.25, 0.3) is 0 Å². The van der Waals surface area contributed by atoms with Crippen molar-refractivity contribution in [2.24, 2.45) is 0 Å². The molecule has 1 heterocycles. The van der Waals surface area contributed by atoms with Crippen LogP contribution in [0.15, 0.2) is 41.3 Å². The maximum atomic E-state index is 12.9. The first-order valence-electron chi connectivity index (χ1n) is 9.94. The quantitative estimate of drug-likeness (QED) is 0.650. The van der Waals surface area contributed by atoms with Crippen molar-refractivity contribution < 1.29 is 22.7 Å². The van der Waals surface area contributed by atoms with Crippen LogP contribution in [0.4, 0.5) is 5.69 Å². The lowest BCUT2D eigenvalue weighted by Crippen LogP contribution is -2.30. The average molecular weight is 431 g/mol. The van der Waals surface area contributed by atoms with Gasteiger partial charge in [0.25, 0.3) is 0 Å². The number of aryl methyl sites for hydroxylation is 2. The SMILES string of the molecule is CCc1ccc(CC)c(CNS(=O)(=O)c2ccc(OC)c(N3C(=O)CCC3=O)c2)c1. The molecule has 30 heavy (non-hydrogen) atoms. The van der Waals surface area contributed by atoms with E-state index in [9.17, 15) is 18.0 Å². The Morgan fingerprint density at radius 2 is 1.67 bits per heavy atom. The fraction of sp³-hybridized carbons (Fsp3) is 0.364. The van der Waals surface area contributed by atoms with Gasteiger partial charge in [0.1, 0.15) is 5.75 Å². The molecule has 0 radical (unpaired) electrons. The topological polar surface area (TPSA) is 92.8 Å². The minimum absolute atomic E-state index is 0.0319. The molecule has 1 saturated heterocycles. The molecule has 1 fully saturated rings. The van der Waals surface area contributed by atoms with E-state index in [-0.39, 0.29) is 47.5 Å². The van der Waals surface area contributed by atoms with Crippen molar-refractivity contribution >= 4 is 27.5 Å². The first kappa shape index (κ1) is 22.0. The summed E-state index contributed by atoms with van der Waals surface area (Å²) >= 11 is 0. The molecule has 8 heteroatoms. The summed E-state index contributed by atoms with van der Waals surface area (Å²) in [6.07, 6.45) is 1.87. The third-order valence-corrected chi connectivity index (χ3v) is 6.66. The molecular weight excluding hydrogens is 404 g/mol. The van der Waals surface area contributed by atoms with Crippen LogP contribution in [0.2, 0.25) is 0 Å². The highest BCUT2D eigenvalue weighted by molar-refractivity contribution is 7.89. The lowest BCUT2D eigenvalue weighted by Gasteiger charge is -2.19. The summed E-state index contributed by atoms with van der Waals surface area (Å²) < 4.78 is 33.8. The summed E-state index contributed by atoms with van der Waals surface area (Å²) in [6, 6.07) is 10.3. The van der Waals surface area contributed by atoms with Gasteiger partial charge in [0, 0.05) is 19.4 Å². The number of anilines is 1. The highest BCUT2D eigenvalue weighted by atomic mass is 32.2. The number of ether oxygens (including phenoxy) is 1. The number of carbonyl (C=O) groups is 2. The van der Waals surface area contributed by atoms with Gasteiger partial charge >= 0.3 is 0 Å². The normalized spacial score (nSPS) is 14.4. The number of nitrogens with zero attached hydrogens (tertiary/aromatic N) is 1. The van der Waals surface area contributed by atoms with Crippen LogP contribution in [-0.4, -0.2) is 27.3 Å². The van der Waals surface area contributed by atoms with Crippen molar-refractivity contribution in [3.8, 4) is 5.75 Å². The van der Waals surface area contributed by atoms with Crippen molar-refractivity contribution in [2.45, 2.75) is 51.0 Å². The van der Waals surface area contributed by atoms with E-state index in [4.69, 9.17) is 4.74 Å². The van der Waals surface area contributed by atoms with Crippen molar-refractivity contribution in [1.29, 1.82) is 0 Å². The second-order valence-electron chi connectivity index (χ2n) is 7.09. The van der Waals surface area contributed by atoms with Gasteiger partial charge < -0.3 is 4.74 Å². The first-order valence-corrected chi connectivity index (χ1v) is 11.4. The van der Waals surface area contributed by atoms with E-state index in [1.807, 2.05) is 19.1 Å². The Morgan fingerprint density at radius 3 is 2.27 bits per heavy atom. The molecule has 0 aliphatic carbocycles. The van der Waals surface area contributed by atoms with Crippen LogP contribution in [0.5, 0.6) is 5.75 Å². The van der Waals surface area contributed by atoms with E-state index >= 15 is 0 Å². The van der Waals surface area contributed by atoms with E-state index in [1.165, 1.54) is 25.3 Å². The Kier molecular flexibility index (Phi) is 6.58. The Balaban J connectivity index is 1.91. The Hall–Kier alpha value is -2.71. The molecule has 1 aliphatic heterocycles. The fourth-order valence-electron chi connectivity index (χ4n) is 3.52. The number of imide groups is 1. The number of amides is 2. The van der Waals surface area contributed by atoms with Gasteiger partial charge in [-0.1, -0.05) is 32.0 Å². The zero-order valence-electron chi connectivity index (χ0n) is 17.4. The zero-order valence-corrected chi connectivity index (χ0v) is 18.2. The number of sulfonamides is 1. The van der Waals surface area contributed by atoms with E-state index in [0.29, 0.717) is 0 Å². The van der Waals surface area contributed by atoms with Gasteiger partial charge in [0.15, 0.2) is 0 Å². The summed E-state index contributed by atoms with van der Waals surface area (Å²) in [5.74, 6) is -0.476. The van der Waals surface area contributed by atoms with E-state index in [2.05, 4.69) is 17.7 Å². The maximum Gasteiger partial charge on any atom is 0.240 e. The number of carbonyl (C=O) groups excluding carboxylic acids is 2. The molecule has 0 bridgehead atoms. The van der Waals surface area contributed by atoms with Crippen LogP contribution in [-0.2, 0) is 39.0 Å². The monoisotopic (exact) mass is 430 g/mol. The third-order valence-electron chi connectivity index (χ3n) is 5.27. The molecule has 2 amide bonds. The smallest absolute Gasteiger partial charge is 0.240 e. The number of benzene rings is 2. The number of hydrogen-bond acceptors (Lipinski definition) is 5. The molecule has 1 N–H and O–H groups in total. The maximum absolute atomic E-state index is 12.9. The fourth-order valence-corrected chi connectivity index (χ4v) is 4.55. The van der Waals surface area contributed by atoms with Gasteiger partial charge in [0.2, 0.25) is 21.8 Å². The average Bonchev–Trinajstić information content (AvgIpc) is 3.09. The lowest BCUT2D eigenvalue weighted by molar-refractivity contribution is -0.121. The Labute approximate surface area is 177 Å². The summed E-state index contributed by atoms with van der Waals surface area (Å²) in [5, 5.41) is 0. The molecule has 1 aliphatic rings. The van der Waals surface area contributed by atoms with E-state index in [1.54, 1.807) is 0 Å². The largest absolute Gasteiger partial charge is 0.495 e. The summed E-state index contributed by atoms with van der Waals surface area (Å²) in [4.78, 5) is 25.2. The van der Waals surface area contributed by atoms with Crippen molar-refractivity contribution in [3.05, 3.63) is 53.1 Å². The summed E-state index contributed by atoms with van der Waals surface area (Å²) in [7, 11) is -2.46. The molecule has 0 aromatic heterocycles. The lowest BCUT2D eigenvalue weighted by atomic mass is 10.0. The molecule has 0 spiro atoms. The summed E-state index contributed by atoms with van der Waals surface area (Å²) in [6.45, 7) is 4.23. The van der Waals surface area contributed by atoms with Crippen molar-refractivity contribution in [3.63, 3.8) is 0 Å². The molecule has 0 saturated carbocycles. The molecule has 2 aromatic carbocycles. The van der Waals surface area contributed by atoms with Crippen LogP contribution in [0, 0.1) is 0 Å². The number of rotatable bonds is 8. The van der Waals surface area contributed by atoms with Gasteiger partial charge in [-0.15, -0.1) is 0 Å². The van der Waals surface area contributed by atoms with Crippen LogP contribution in [0.1, 0.15) is 43.4 Å². The molecular formula is C22H26N2O5S. The van der Waals surface area contributed by atoms with Crippen LogP contribution in [0.3, 0.4) is 0 Å². The standard InChI is InChI=1S/C22H26N2O5S/c1-4-15-6-7-16(5-2)17(12-15)14-23-30(27,28)18-8-9-20(29-3)19(13-18)24-21(25)10-11-22(24)26/h6-9,12-13,23H,4-5,10-11,14H2,1-3H3. The molecule has 160 valence electrons. The van der Waals surface area contributed by atoms with Gasteiger partial charge in [-0.2, -0.15) is 0 Å². The van der Waals surface area contributed by atoms with Gasteiger partial charge in [-0.25, -0.2) is 18.0 Å². The molecule has 2 aromatic rings.